The zero-order valence-electron chi connectivity index (χ0n) is 14.6. The fraction of sp³-hybridized carbons (Fsp3) is 0.222. The number of aryl methyl sites for hydroxylation is 3. The second-order valence-corrected chi connectivity index (χ2v) is 5.89. The minimum atomic E-state index is -0.610. The highest BCUT2D eigenvalue weighted by molar-refractivity contribution is 6.04. The Hall–Kier alpha value is -3.29. The molecule has 0 aliphatic heterocycles. The molecule has 26 heavy (non-hydrogen) atoms. The zero-order chi connectivity index (χ0) is 18.8. The van der Waals surface area contributed by atoms with E-state index in [-0.39, 0.29) is 22.9 Å². The standard InChI is InChI=1S/C18H18FN5O2/c1-4-12-9-15(25)22-18(20-12)24-14(8-11(3)23-24)21-17(26)13-7-5-6-10(2)16(13)19/h5-9H,4H2,1-3H3,(H,21,26)(H,20,22,25). The molecule has 0 saturated carbocycles. The van der Waals surface area contributed by atoms with E-state index in [4.69, 9.17) is 0 Å². The first-order chi connectivity index (χ1) is 12.4. The number of aromatic nitrogens is 4. The third-order valence-electron chi connectivity index (χ3n) is 3.85. The third kappa shape index (κ3) is 3.39. The summed E-state index contributed by atoms with van der Waals surface area (Å²) >= 11 is 0. The second kappa shape index (κ2) is 6.91. The third-order valence-corrected chi connectivity index (χ3v) is 3.85. The lowest BCUT2D eigenvalue weighted by molar-refractivity contribution is 0.102. The Bertz CT molecular complexity index is 1040. The van der Waals surface area contributed by atoms with Crippen molar-refractivity contribution in [3.05, 3.63) is 69.0 Å². The largest absolute Gasteiger partial charge is 0.306 e. The van der Waals surface area contributed by atoms with Crippen LogP contribution >= 0.6 is 0 Å². The van der Waals surface area contributed by atoms with Crippen LogP contribution in [-0.2, 0) is 6.42 Å². The van der Waals surface area contributed by atoms with Gasteiger partial charge in [-0.15, -0.1) is 0 Å². The summed E-state index contributed by atoms with van der Waals surface area (Å²) in [4.78, 5) is 31.2. The number of halogens is 1. The van der Waals surface area contributed by atoms with Crippen LogP contribution in [0.2, 0.25) is 0 Å². The van der Waals surface area contributed by atoms with Gasteiger partial charge in [-0.3, -0.25) is 14.6 Å². The monoisotopic (exact) mass is 355 g/mol. The van der Waals surface area contributed by atoms with Gasteiger partial charge in [-0.1, -0.05) is 19.1 Å². The van der Waals surface area contributed by atoms with E-state index in [1.807, 2.05) is 6.92 Å². The first-order valence-electron chi connectivity index (χ1n) is 8.12. The van der Waals surface area contributed by atoms with Crippen molar-refractivity contribution in [2.24, 2.45) is 0 Å². The van der Waals surface area contributed by atoms with Gasteiger partial charge in [0, 0.05) is 17.8 Å². The molecule has 0 unspecified atom stereocenters. The average molecular weight is 355 g/mol. The van der Waals surface area contributed by atoms with E-state index >= 15 is 0 Å². The van der Waals surface area contributed by atoms with E-state index in [2.05, 4.69) is 20.4 Å². The van der Waals surface area contributed by atoms with E-state index in [0.29, 0.717) is 23.4 Å². The minimum Gasteiger partial charge on any atom is -0.306 e. The Morgan fingerprint density at radius 1 is 1.31 bits per heavy atom. The number of carbonyl (C=O) groups excluding carboxylic acids is 1. The summed E-state index contributed by atoms with van der Waals surface area (Å²) in [5.41, 5.74) is 1.19. The Balaban J connectivity index is 2.00. The number of rotatable bonds is 4. The number of aromatic amines is 1. The van der Waals surface area contributed by atoms with Gasteiger partial charge in [-0.05, 0) is 31.9 Å². The lowest BCUT2D eigenvalue weighted by Gasteiger charge is -2.10. The first-order valence-corrected chi connectivity index (χ1v) is 8.12. The van der Waals surface area contributed by atoms with E-state index in [1.54, 1.807) is 32.0 Å². The van der Waals surface area contributed by atoms with Gasteiger partial charge in [0.25, 0.3) is 11.5 Å². The molecule has 8 heteroatoms. The van der Waals surface area contributed by atoms with Gasteiger partial charge in [0.15, 0.2) is 0 Å². The summed E-state index contributed by atoms with van der Waals surface area (Å²) in [5.74, 6) is -0.721. The molecule has 0 aliphatic carbocycles. The number of hydrogen-bond acceptors (Lipinski definition) is 4. The first kappa shape index (κ1) is 17.5. The maximum Gasteiger partial charge on any atom is 0.259 e. The molecule has 3 rings (SSSR count). The Labute approximate surface area is 148 Å². The number of nitrogens with zero attached hydrogens (tertiary/aromatic N) is 3. The minimum absolute atomic E-state index is 0.0702. The molecule has 0 aliphatic rings. The van der Waals surface area contributed by atoms with Crippen LogP contribution in [0.25, 0.3) is 5.95 Å². The van der Waals surface area contributed by atoms with Crippen LogP contribution in [-0.4, -0.2) is 25.7 Å². The van der Waals surface area contributed by atoms with Gasteiger partial charge in [-0.2, -0.15) is 9.78 Å². The highest BCUT2D eigenvalue weighted by Crippen LogP contribution is 2.17. The predicted molar refractivity (Wildman–Crippen MR) is 95.2 cm³/mol. The number of H-pyrrole nitrogens is 1. The van der Waals surface area contributed by atoms with Crippen molar-refractivity contribution in [2.75, 3.05) is 5.32 Å². The summed E-state index contributed by atoms with van der Waals surface area (Å²) in [5, 5.41) is 6.89. The predicted octanol–water partition coefficient (Wildman–Crippen LogP) is 2.53. The van der Waals surface area contributed by atoms with Gasteiger partial charge in [0.2, 0.25) is 5.95 Å². The summed E-state index contributed by atoms with van der Waals surface area (Å²) in [6.45, 7) is 5.20. The number of benzene rings is 1. The van der Waals surface area contributed by atoms with Crippen LogP contribution in [0.5, 0.6) is 0 Å². The molecule has 0 bridgehead atoms. The second-order valence-electron chi connectivity index (χ2n) is 5.89. The molecule has 1 amide bonds. The number of amides is 1. The molecule has 2 heterocycles. The summed E-state index contributed by atoms with van der Waals surface area (Å²) in [6.07, 6.45) is 0.577. The molecule has 134 valence electrons. The van der Waals surface area contributed by atoms with E-state index < -0.39 is 11.7 Å². The molecule has 0 radical (unpaired) electrons. The molecule has 0 fully saturated rings. The molecule has 7 nitrogen and oxygen atoms in total. The molecular formula is C18H18FN5O2. The number of hydrogen-bond donors (Lipinski definition) is 2. The normalized spacial score (nSPS) is 10.8. The van der Waals surface area contributed by atoms with Crippen molar-refractivity contribution in [1.29, 1.82) is 0 Å². The zero-order valence-corrected chi connectivity index (χ0v) is 14.6. The quantitative estimate of drug-likeness (QED) is 0.752. The SMILES string of the molecule is CCc1cc(=O)[nH]c(-n2nc(C)cc2NC(=O)c2cccc(C)c2F)n1. The molecule has 0 spiro atoms. The fourth-order valence-corrected chi connectivity index (χ4v) is 2.53. The smallest absolute Gasteiger partial charge is 0.259 e. The summed E-state index contributed by atoms with van der Waals surface area (Å²) in [7, 11) is 0. The van der Waals surface area contributed by atoms with Gasteiger partial charge in [0.05, 0.1) is 11.3 Å². The number of nitrogens with one attached hydrogen (secondary N) is 2. The van der Waals surface area contributed by atoms with Crippen LogP contribution in [0, 0.1) is 19.7 Å². The topological polar surface area (TPSA) is 92.7 Å². The maximum atomic E-state index is 14.2. The van der Waals surface area contributed by atoms with Crippen molar-refractivity contribution in [3.63, 3.8) is 0 Å². The summed E-state index contributed by atoms with van der Waals surface area (Å²) in [6, 6.07) is 7.62. The van der Waals surface area contributed by atoms with Crippen molar-refractivity contribution in [3.8, 4) is 5.95 Å². The lowest BCUT2D eigenvalue weighted by atomic mass is 10.1. The summed E-state index contributed by atoms with van der Waals surface area (Å²) < 4.78 is 15.5. The van der Waals surface area contributed by atoms with Crippen molar-refractivity contribution in [2.45, 2.75) is 27.2 Å². The molecule has 2 aromatic heterocycles. The van der Waals surface area contributed by atoms with Crippen LogP contribution in [0.4, 0.5) is 10.2 Å². The van der Waals surface area contributed by atoms with Gasteiger partial charge < -0.3 is 5.32 Å². The van der Waals surface area contributed by atoms with Crippen molar-refractivity contribution < 1.29 is 9.18 Å². The maximum absolute atomic E-state index is 14.2. The van der Waals surface area contributed by atoms with E-state index in [1.165, 1.54) is 16.8 Å². The van der Waals surface area contributed by atoms with Crippen molar-refractivity contribution >= 4 is 11.7 Å². The highest BCUT2D eigenvalue weighted by atomic mass is 19.1. The molecule has 0 saturated heterocycles. The number of anilines is 1. The van der Waals surface area contributed by atoms with Gasteiger partial charge in [-0.25, -0.2) is 9.37 Å². The van der Waals surface area contributed by atoms with Crippen LogP contribution in [0.1, 0.15) is 34.2 Å². The van der Waals surface area contributed by atoms with Crippen LogP contribution in [0.3, 0.4) is 0 Å². The lowest BCUT2D eigenvalue weighted by Crippen LogP contribution is -2.20. The average Bonchev–Trinajstić information content (AvgIpc) is 2.97. The van der Waals surface area contributed by atoms with E-state index in [9.17, 15) is 14.0 Å². The van der Waals surface area contributed by atoms with Gasteiger partial charge >= 0.3 is 0 Å². The van der Waals surface area contributed by atoms with Crippen LogP contribution < -0.4 is 10.9 Å². The van der Waals surface area contributed by atoms with E-state index in [0.717, 1.165) is 0 Å². The van der Waals surface area contributed by atoms with Gasteiger partial charge in [0.1, 0.15) is 11.6 Å². The highest BCUT2D eigenvalue weighted by Gasteiger charge is 2.17. The molecule has 3 aromatic rings. The Morgan fingerprint density at radius 2 is 2.08 bits per heavy atom. The number of carbonyl (C=O) groups is 1. The van der Waals surface area contributed by atoms with Crippen molar-refractivity contribution in [1.82, 2.24) is 19.7 Å². The molecular weight excluding hydrogens is 337 g/mol. The fourth-order valence-electron chi connectivity index (χ4n) is 2.53. The Morgan fingerprint density at radius 3 is 2.81 bits per heavy atom. The van der Waals surface area contributed by atoms with Crippen LogP contribution in [0.15, 0.2) is 35.1 Å². The molecule has 1 aromatic carbocycles. The molecule has 0 atom stereocenters. The Kier molecular flexibility index (Phi) is 4.66. The molecule has 2 N–H and O–H groups in total.